The van der Waals surface area contributed by atoms with Crippen molar-refractivity contribution in [2.24, 2.45) is 0 Å². The summed E-state index contributed by atoms with van der Waals surface area (Å²) in [7, 11) is 0. The van der Waals surface area contributed by atoms with Gasteiger partial charge in [-0.25, -0.2) is 9.78 Å². The van der Waals surface area contributed by atoms with Crippen molar-refractivity contribution in [3.8, 4) is 11.1 Å². The van der Waals surface area contributed by atoms with E-state index in [0.717, 1.165) is 34.4 Å². The van der Waals surface area contributed by atoms with Gasteiger partial charge in [0.05, 0.1) is 11.7 Å². The van der Waals surface area contributed by atoms with Crippen LogP contribution in [0, 0.1) is 6.92 Å². The SMILES string of the molecule is Cc1sc2ncn(C(C)C(=O)OCc3ccccc3)c(=O)c2c1-c1ccc2c(c1)CCCC2. The molecule has 1 aliphatic rings. The van der Waals surface area contributed by atoms with Crippen LogP contribution >= 0.6 is 11.3 Å². The molecule has 0 amide bonds. The van der Waals surface area contributed by atoms with Crippen LogP contribution < -0.4 is 5.56 Å². The first-order chi connectivity index (χ1) is 16.0. The normalized spacial score (nSPS) is 14.1. The molecule has 0 spiro atoms. The third kappa shape index (κ3) is 4.11. The predicted octanol–water partition coefficient (Wildman–Crippen LogP) is 5.62. The second kappa shape index (κ2) is 8.94. The van der Waals surface area contributed by atoms with E-state index in [-0.39, 0.29) is 12.2 Å². The third-order valence-electron chi connectivity index (χ3n) is 6.43. The summed E-state index contributed by atoms with van der Waals surface area (Å²) in [5.74, 6) is -0.454. The lowest BCUT2D eigenvalue weighted by Crippen LogP contribution is -2.29. The Kier molecular flexibility index (Phi) is 5.85. The Labute approximate surface area is 196 Å². The molecule has 5 rings (SSSR count). The molecule has 0 aliphatic heterocycles. The van der Waals surface area contributed by atoms with Crippen molar-refractivity contribution in [3.63, 3.8) is 0 Å². The zero-order chi connectivity index (χ0) is 22.9. The number of fused-ring (bicyclic) bond motifs is 2. The van der Waals surface area contributed by atoms with Crippen molar-refractivity contribution in [1.29, 1.82) is 0 Å². The van der Waals surface area contributed by atoms with Crippen molar-refractivity contribution < 1.29 is 9.53 Å². The summed E-state index contributed by atoms with van der Waals surface area (Å²) in [6.07, 6.45) is 6.11. The van der Waals surface area contributed by atoms with Crippen molar-refractivity contribution in [3.05, 3.63) is 86.8 Å². The number of carbonyl (C=O) groups excluding carboxylic acids is 1. The van der Waals surface area contributed by atoms with E-state index >= 15 is 0 Å². The van der Waals surface area contributed by atoms with Gasteiger partial charge in [-0.2, -0.15) is 0 Å². The summed E-state index contributed by atoms with van der Waals surface area (Å²) in [5.41, 5.74) is 5.46. The minimum absolute atomic E-state index is 0.173. The first-order valence-electron chi connectivity index (χ1n) is 11.4. The molecular weight excluding hydrogens is 432 g/mol. The Morgan fingerprint density at radius 2 is 1.88 bits per heavy atom. The van der Waals surface area contributed by atoms with Gasteiger partial charge in [-0.05, 0) is 61.8 Å². The number of rotatable bonds is 5. The average Bonchev–Trinajstić information content (AvgIpc) is 3.19. The molecule has 1 atom stereocenters. The zero-order valence-corrected chi connectivity index (χ0v) is 19.7. The highest BCUT2D eigenvalue weighted by atomic mass is 32.1. The molecule has 2 aromatic carbocycles. The van der Waals surface area contributed by atoms with Gasteiger partial charge >= 0.3 is 5.97 Å². The Morgan fingerprint density at radius 1 is 1.12 bits per heavy atom. The summed E-state index contributed by atoms with van der Waals surface area (Å²) >= 11 is 1.52. The molecule has 1 unspecified atom stereocenters. The molecule has 0 fully saturated rings. The number of carbonyl (C=O) groups is 1. The minimum atomic E-state index is -0.769. The van der Waals surface area contributed by atoms with Gasteiger partial charge in [-0.15, -0.1) is 11.3 Å². The highest BCUT2D eigenvalue weighted by Gasteiger charge is 2.23. The number of aromatic nitrogens is 2. The van der Waals surface area contributed by atoms with Crippen molar-refractivity contribution in [2.75, 3.05) is 0 Å². The van der Waals surface area contributed by atoms with Gasteiger partial charge in [0.1, 0.15) is 17.5 Å². The number of hydrogen-bond acceptors (Lipinski definition) is 5. The Hall–Kier alpha value is -3.25. The number of benzene rings is 2. The van der Waals surface area contributed by atoms with Crippen LogP contribution in [0.5, 0.6) is 0 Å². The summed E-state index contributed by atoms with van der Waals surface area (Å²) in [4.78, 5) is 32.6. The van der Waals surface area contributed by atoms with Crippen LogP contribution in [-0.4, -0.2) is 15.5 Å². The van der Waals surface area contributed by atoms with Gasteiger partial charge in [0.15, 0.2) is 0 Å². The fraction of sp³-hybridized carbons (Fsp3) is 0.296. The molecule has 2 aromatic heterocycles. The summed E-state index contributed by atoms with van der Waals surface area (Å²) in [6.45, 7) is 3.88. The van der Waals surface area contributed by atoms with E-state index in [1.165, 1.54) is 46.2 Å². The first kappa shape index (κ1) is 21.6. The fourth-order valence-corrected chi connectivity index (χ4v) is 5.59. The van der Waals surface area contributed by atoms with Gasteiger partial charge in [-0.3, -0.25) is 9.36 Å². The molecule has 6 heteroatoms. The number of ether oxygens (including phenoxy) is 1. The molecule has 4 aromatic rings. The van der Waals surface area contributed by atoms with Crippen LogP contribution in [0.25, 0.3) is 21.3 Å². The lowest BCUT2D eigenvalue weighted by atomic mass is 9.89. The van der Waals surface area contributed by atoms with Gasteiger partial charge < -0.3 is 4.74 Å². The standard InChI is InChI=1S/C27H26N2O3S/c1-17(27(31)32-15-19-8-4-3-5-9-19)29-16-28-25-24(26(29)30)23(18(2)33-25)22-13-12-20-10-6-7-11-21(20)14-22/h3-5,8-9,12-14,16-17H,6-7,10-11,15H2,1-2H3. The Morgan fingerprint density at radius 3 is 2.67 bits per heavy atom. The number of aryl methyl sites for hydroxylation is 3. The van der Waals surface area contributed by atoms with Crippen LogP contribution in [0.1, 0.15) is 47.4 Å². The molecular formula is C27H26N2O3S. The van der Waals surface area contributed by atoms with Gasteiger partial charge in [0.2, 0.25) is 0 Å². The quantitative estimate of drug-likeness (QED) is 0.364. The first-order valence-corrected chi connectivity index (χ1v) is 12.2. The fourth-order valence-electron chi connectivity index (χ4n) is 4.59. The van der Waals surface area contributed by atoms with E-state index in [2.05, 4.69) is 23.2 Å². The van der Waals surface area contributed by atoms with Crippen molar-refractivity contribution in [1.82, 2.24) is 9.55 Å². The summed E-state index contributed by atoms with van der Waals surface area (Å²) < 4.78 is 6.86. The number of thiophene rings is 1. The second-order valence-electron chi connectivity index (χ2n) is 8.63. The molecule has 0 bridgehead atoms. The number of esters is 1. The number of nitrogens with zero attached hydrogens (tertiary/aromatic N) is 2. The second-order valence-corrected chi connectivity index (χ2v) is 9.83. The Balaban J connectivity index is 1.50. The maximum absolute atomic E-state index is 13.6. The van der Waals surface area contributed by atoms with E-state index in [1.54, 1.807) is 6.92 Å². The molecule has 33 heavy (non-hydrogen) atoms. The van der Waals surface area contributed by atoms with Crippen molar-refractivity contribution in [2.45, 2.75) is 52.2 Å². The maximum atomic E-state index is 13.6. The maximum Gasteiger partial charge on any atom is 0.329 e. The third-order valence-corrected chi connectivity index (χ3v) is 7.45. The van der Waals surface area contributed by atoms with Gasteiger partial charge in [0.25, 0.3) is 5.56 Å². The summed E-state index contributed by atoms with van der Waals surface area (Å²) in [6, 6.07) is 15.3. The molecule has 0 saturated carbocycles. The predicted molar refractivity (Wildman–Crippen MR) is 132 cm³/mol. The lowest BCUT2D eigenvalue weighted by Gasteiger charge is -2.17. The van der Waals surface area contributed by atoms with Crippen LogP contribution in [0.2, 0.25) is 0 Å². The lowest BCUT2D eigenvalue weighted by molar-refractivity contribution is -0.148. The van der Waals surface area contributed by atoms with Crippen LogP contribution in [0.15, 0.2) is 59.7 Å². The van der Waals surface area contributed by atoms with Gasteiger partial charge in [0, 0.05) is 10.4 Å². The van der Waals surface area contributed by atoms with Crippen molar-refractivity contribution >= 4 is 27.5 Å². The van der Waals surface area contributed by atoms with Crippen LogP contribution in [0.3, 0.4) is 0 Å². The van der Waals surface area contributed by atoms with E-state index in [1.807, 2.05) is 37.3 Å². The monoisotopic (exact) mass is 458 g/mol. The van der Waals surface area contributed by atoms with E-state index < -0.39 is 12.0 Å². The molecule has 1 aliphatic carbocycles. The molecule has 168 valence electrons. The highest BCUT2D eigenvalue weighted by molar-refractivity contribution is 7.19. The van der Waals surface area contributed by atoms with E-state index in [4.69, 9.17) is 4.74 Å². The largest absolute Gasteiger partial charge is 0.459 e. The summed E-state index contributed by atoms with van der Waals surface area (Å²) in [5, 5.41) is 0.582. The molecule has 0 N–H and O–H groups in total. The average molecular weight is 459 g/mol. The van der Waals surface area contributed by atoms with Gasteiger partial charge in [-0.1, -0.05) is 48.5 Å². The molecule has 2 heterocycles. The minimum Gasteiger partial charge on any atom is -0.459 e. The topological polar surface area (TPSA) is 61.2 Å². The number of hydrogen-bond donors (Lipinski definition) is 0. The van der Waals surface area contributed by atoms with E-state index in [9.17, 15) is 9.59 Å². The van der Waals surface area contributed by atoms with Crippen LogP contribution in [-0.2, 0) is 29.0 Å². The molecule has 5 nitrogen and oxygen atoms in total. The molecule has 0 radical (unpaired) electrons. The molecule has 0 saturated heterocycles. The van der Waals surface area contributed by atoms with E-state index in [0.29, 0.717) is 10.2 Å². The van der Waals surface area contributed by atoms with Crippen LogP contribution in [0.4, 0.5) is 0 Å². The highest BCUT2D eigenvalue weighted by Crippen LogP contribution is 2.37. The smallest absolute Gasteiger partial charge is 0.329 e. The zero-order valence-electron chi connectivity index (χ0n) is 18.8. The Bertz CT molecular complexity index is 1390.